The third kappa shape index (κ3) is 3.23. The van der Waals surface area contributed by atoms with Gasteiger partial charge in [0.2, 0.25) is 11.5 Å². The molecule has 0 atom stereocenters. The van der Waals surface area contributed by atoms with Crippen LogP contribution in [0.4, 0.5) is 4.79 Å². The van der Waals surface area contributed by atoms with Crippen molar-refractivity contribution < 1.29 is 22.2 Å². The van der Waals surface area contributed by atoms with Crippen molar-refractivity contribution >= 4 is 26.8 Å². The first kappa shape index (κ1) is 10.2. The summed E-state index contributed by atoms with van der Waals surface area (Å²) in [6, 6.07) is 0. The molecule has 0 radical (unpaired) electrons. The standard InChI is InChI=1S/C3H5NO5S2/c1-2-9-3(5)11(7,8)4-10-6/h2H2,1H3. The molecule has 0 amide bonds. The first-order valence-corrected chi connectivity index (χ1v) is 4.61. The summed E-state index contributed by atoms with van der Waals surface area (Å²) in [4.78, 5) is 10.4. The van der Waals surface area contributed by atoms with E-state index in [1.807, 2.05) is 0 Å². The van der Waals surface area contributed by atoms with Crippen molar-refractivity contribution in [2.75, 3.05) is 6.61 Å². The molecule has 0 aromatic rings. The lowest BCUT2D eigenvalue weighted by Gasteiger charge is -1.94. The number of rotatable bonds is 2. The van der Waals surface area contributed by atoms with Crippen LogP contribution in [-0.2, 0) is 26.2 Å². The monoisotopic (exact) mass is 199 g/mol. The van der Waals surface area contributed by atoms with Crippen molar-refractivity contribution in [2.45, 2.75) is 6.92 Å². The molecule has 6 nitrogen and oxygen atoms in total. The smallest absolute Gasteiger partial charge is 0.448 e. The van der Waals surface area contributed by atoms with Crippen molar-refractivity contribution in [3.8, 4) is 0 Å². The Morgan fingerprint density at radius 3 is 2.55 bits per heavy atom. The molecule has 0 heterocycles. The van der Waals surface area contributed by atoms with Gasteiger partial charge in [-0.25, -0.2) is 4.79 Å². The summed E-state index contributed by atoms with van der Waals surface area (Å²) in [5.74, 6) is 0. The van der Waals surface area contributed by atoms with Crippen LogP contribution in [0.15, 0.2) is 3.77 Å². The van der Waals surface area contributed by atoms with E-state index in [2.05, 4.69) is 8.50 Å². The van der Waals surface area contributed by atoms with E-state index in [4.69, 9.17) is 0 Å². The number of nitrogens with zero attached hydrogens (tertiary/aromatic N) is 1. The summed E-state index contributed by atoms with van der Waals surface area (Å²) < 4.78 is 37.1. The summed E-state index contributed by atoms with van der Waals surface area (Å²) >= 11 is -0.551. The Hall–Kier alpha value is -0.760. The van der Waals surface area contributed by atoms with E-state index in [-0.39, 0.29) is 6.61 Å². The van der Waals surface area contributed by atoms with Gasteiger partial charge in [0, 0.05) is 0 Å². The highest BCUT2D eigenvalue weighted by Gasteiger charge is 2.22. The van der Waals surface area contributed by atoms with Crippen molar-refractivity contribution in [1.29, 1.82) is 0 Å². The molecule has 0 aromatic carbocycles. The van der Waals surface area contributed by atoms with Gasteiger partial charge in [-0.2, -0.15) is 12.6 Å². The van der Waals surface area contributed by atoms with Crippen LogP contribution < -0.4 is 0 Å². The van der Waals surface area contributed by atoms with Gasteiger partial charge in [0.25, 0.3) is 0 Å². The van der Waals surface area contributed by atoms with Crippen molar-refractivity contribution in [1.82, 2.24) is 0 Å². The quantitative estimate of drug-likeness (QED) is 0.578. The Labute approximate surface area is 66.8 Å². The highest BCUT2D eigenvalue weighted by Crippen LogP contribution is 1.96. The number of sulfonamides is 1. The Balaban J connectivity index is 4.58. The molecule has 0 saturated heterocycles. The molecule has 0 aliphatic carbocycles. The average Bonchev–Trinajstić information content (AvgIpc) is 1.88. The van der Waals surface area contributed by atoms with Crippen LogP contribution in [-0.4, -0.2) is 24.5 Å². The van der Waals surface area contributed by atoms with Gasteiger partial charge >= 0.3 is 15.3 Å². The van der Waals surface area contributed by atoms with E-state index in [0.29, 0.717) is 0 Å². The highest BCUT2D eigenvalue weighted by molar-refractivity contribution is 8.06. The number of hydrogen-bond acceptors (Lipinski definition) is 5. The maximum atomic E-state index is 10.5. The molecule has 64 valence electrons. The van der Waals surface area contributed by atoms with Crippen molar-refractivity contribution in [3.63, 3.8) is 0 Å². The summed E-state index contributed by atoms with van der Waals surface area (Å²) in [5, 5.41) is -1.50. The maximum Gasteiger partial charge on any atom is 0.448 e. The van der Waals surface area contributed by atoms with Gasteiger partial charge in [-0.1, -0.05) is 3.77 Å². The van der Waals surface area contributed by atoms with Crippen molar-refractivity contribution in [3.05, 3.63) is 0 Å². The number of ether oxygens (including phenoxy) is 1. The van der Waals surface area contributed by atoms with Crippen LogP contribution in [0.1, 0.15) is 6.92 Å². The van der Waals surface area contributed by atoms with E-state index in [9.17, 15) is 17.4 Å². The predicted octanol–water partition coefficient (Wildman–Crippen LogP) is -0.131. The SMILES string of the molecule is CCOC(=O)S(=O)(=O)N=S=O. The Bertz CT molecular complexity index is 287. The zero-order valence-corrected chi connectivity index (χ0v) is 7.15. The van der Waals surface area contributed by atoms with Crippen LogP contribution in [0.3, 0.4) is 0 Å². The van der Waals surface area contributed by atoms with Crippen LogP contribution in [0, 0.1) is 0 Å². The van der Waals surface area contributed by atoms with E-state index in [1.165, 1.54) is 6.92 Å². The zero-order chi connectivity index (χ0) is 8.91. The van der Waals surface area contributed by atoms with Crippen molar-refractivity contribution in [2.24, 2.45) is 3.77 Å². The van der Waals surface area contributed by atoms with Crippen LogP contribution in [0.5, 0.6) is 0 Å². The van der Waals surface area contributed by atoms with Gasteiger partial charge in [0.15, 0.2) is 0 Å². The van der Waals surface area contributed by atoms with Crippen LogP contribution >= 0.6 is 0 Å². The normalized spacial score (nSPS) is 10.3. The third-order valence-electron chi connectivity index (χ3n) is 0.601. The Morgan fingerprint density at radius 1 is 1.64 bits per heavy atom. The minimum atomic E-state index is -4.36. The molecule has 0 N–H and O–H groups in total. The molecule has 0 bridgehead atoms. The molecular formula is C3H5NO5S2. The molecule has 0 aliphatic heterocycles. The van der Waals surface area contributed by atoms with Gasteiger partial charge in [0.05, 0.1) is 6.61 Å². The zero-order valence-electron chi connectivity index (χ0n) is 5.51. The minimum Gasteiger partial charge on any atom is -0.453 e. The Morgan fingerprint density at radius 2 is 2.18 bits per heavy atom. The molecular weight excluding hydrogens is 194 g/mol. The molecule has 0 aromatic heterocycles. The van der Waals surface area contributed by atoms with Gasteiger partial charge in [-0.05, 0) is 6.92 Å². The highest BCUT2D eigenvalue weighted by atomic mass is 32.2. The second-order valence-electron chi connectivity index (χ2n) is 1.31. The minimum absolute atomic E-state index is 0.0723. The molecule has 8 heteroatoms. The molecule has 0 saturated carbocycles. The summed E-state index contributed by atoms with van der Waals surface area (Å²) in [5.41, 5.74) is 0. The largest absolute Gasteiger partial charge is 0.453 e. The first-order valence-electron chi connectivity index (χ1n) is 2.47. The average molecular weight is 199 g/mol. The van der Waals surface area contributed by atoms with E-state index in [1.54, 1.807) is 0 Å². The molecule has 0 unspecified atom stereocenters. The lowest BCUT2D eigenvalue weighted by Crippen LogP contribution is -2.12. The molecule has 0 fully saturated rings. The number of carbonyl (C=O) groups is 1. The summed E-state index contributed by atoms with van der Waals surface area (Å²) in [7, 11) is -4.36. The van der Waals surface area contributed by atoms with E-state index >= 15 is 0 Å². The molecule has 0 spiro atoms. The topological polar surface area (TPSA) is 89.9 Å². The lowest BCUT2D eigenvalue weighted by molar-refractivity contribution is 0.178. The van der Waals surface area contributed by atoms with Gasteiger partial charge in [0.1, 0.15) is 0 Å². The second kappa shape index (κ2) is 4.19. The van der Waals surface area contributed by atoms with E-state index < -0.39 is 26.8 Å². The molecule has 11 heavy (non-hydrogen) atoms. The van der Waals surface area contributed by atoms with Gasteiger partial charge in [-0.15, -0.1) is 0 Å². The third-order valence-corrected chi connectivity index (χ3v) is 2.17. The maximum absolute atomic E-state index is 10.5. The fourth-order valence-corrected chi connectivity index (χ4v) is 1.09. The van der Waals surface area contributed by atoms with Gasteiger partial charge < -0.3 is 4.74 Å². The predicted molar refractivity (Wildman–Crippen MR) is 36.5 cm³/mol. The van der Waals surface area contributed by atoms with Crippen LogP contribution in [0.2, 0.25) is 0 Å². The fourth-order valence-electron chi connectivity index (χ4n) is 0.263. The number of carbonyl (C=O) groups excluding carboxylic acids is 1. The second-order valence-corrected chi connectivity index (χ2v) is 3.34. The molecule has 0 rings (SSSR count). The van der Waals surface area contributed by atoms with Gasteiger partial charge in [-0.3, -0.25) is 0 Å². The first-order chi connectivity index (χ1) is 5.04. The lowest BCUT2D eigenvalue weighted by atomic mass is 10.9. The summed E-state index contributed by atoms with van der Waals surface area (Å²) in [6.07, 6.45) is 0. The fraction of sp³-hybridized carbons (Fsp3) is 0.667. The van der Waals surface area contributed by atoms with E-state index in [0.717, 1.165) is 0 Å². The number of hydrogen-bond donors (Lipinski definition) is 0. The van der Waals surface area contributed by atoms with Crippen LogP contribution in [0.25, 0.3) is 0 Å². The summed E-state index contributed by atoms with van der Waals surface area (Å²) in [6.45, 7) is 1.37. The molecule has 0 aliphatic rings. The Kier molecular flexibility index (Phi) is 3.90.